The van der Waals surface area contributed by atoms with E-state index in [2.05, 4.69) is 22.3 Å². The molecule has 3 nitrogen and oxygen atoms in total. The number of benzene rings is 1. The van der Waals surface area contributed by atoms with Crippen LogP contribution in [0.2, 0.25) is 0 Å². The summed E-state index contributed by atoms with van der Waals surface area (Å²) < 4.78 is 0. The molecule has 1 N–H and O–H groups in total. The molecule has 0 radical (unpaired) electrons. The predicted octanol–water partition coefficient (Wildman–Crippen LogP) is 2.83. The maximum atomic E-state index is 10.5. The maximum absolute atomic E-state index is 10.5. The van der Waals surface area contributed by atoms with Crippen molar-refractivity contribution in [1.29, 1.82) is 0 Å². The second-order valence-corrected chi connectivity index (χ2v) is 4.84. The number of hydrogen-bond acceptors (Lipinski definition) is 3. The second kappa shape index (κ2) is 4.86. The number of aromatic nitrogens is 2. The van der Waals surface area contributed by atoms with Gasteiger partial charge in [-0.2, -0.15) is 10.2 Å². The van der Waals surface area contributed by atoms with Crippen LogP contribution in [0.25, 0.3) is 0 Å². The van der Waals surface area contributed by atoms with E-state index in [1.165, 1.54) is 24.8 Å². The molecule has 0 aliphatic heterocycles. The molecule has 1 atom stereocenters. The fourth-order valence-electron chi connectivity index (χ4n) is 2.49. The average molecular weight is 240 g/mol. The van der Waals surface area contributed by atoms with Crippen LogP contribution in [0.1, 0.15) is 48.0 Å². The van der Waals surface area contributed by atoms with E-state index in [4.69, 9.17) is 0 Å². The van der Waals surface area contributed by atoms with Gasteiger partial charge >= 0.3 is 0 Å². The van der Waals surface area contributed by atoms with E-state index in [1.807, 2.05) is 18.2 Å². The molecule has 1 fully saturated rings. The maximum Gasteiger partial charge on any atom is 0.106 e. The van der Waals surface area contributed by atoms with E-state index in [0.717, 1.165) is 11.1 Å². The summed E-state index contributed by atoms with van der Waals surface area (Å²) >= 11 is 0. The first-order chi connectivity index (χ1) is 8.86. The van der Waals surface area contributed by atoms with Crippen LogP contribution in [0.3, 0.4) is 0 Å². The van der Waals surface area contributed by atoms with Crippen LogP contribution in [-0.4, -0.2) is 15.3 Å². The van der Waals surface area contributed by atoms with Gasteiger partial charge in [0.05, 0.1) is 6.20 Å². The van der Waals surface area contributed by atoms with Crippen molar-refractivity contribution in [2.45, 2.75) is 31.3 Å². The first kappa shape index (κ1) is 11.4. The highest BCUT2D eigenvalue weighted by molar-refractivity contribution is 5.37. The highest BCUT2D eigenvalue weighted by Gasteiger charge is 2.24. The lowest BCUT2D eigenvalue weighted by molar-refractivity contribution is 0.216. The van der Waals surface area contributed by atoms with Crippen molar-refractivity contribution in [3.63, 3.8) is 0 Å². The van der Waals surface area contributed by atoms with Gasteiger partial charge in [0.25, 0.3) is 0 Å². The Morgan fingerprint density at radius 1 is 1.11 bits per heavy atom. The van der Waals surface area contributed by atoms with Crippen molar-refractivity contribution >= 4 is 0 Å². The van der Waals surface area contributed by atoms with Crippen molar-refractivity contribution in [2.75, 3.05) is 0 Å². The zero-order chi connectivity index (χ0) is 12.4. The lowest BCUT2D eigenvalue weighted by atomic mass is 9.77. The summed E-state index contributed by atoms with van der Waals surface area (Å²) in [7, 11) is 0. The summed E-state index contributed by atoms with van der Waals surface area (Å²) in [5, 5.41) is 18.0. The molecular formula is C15H16N2O. The molecule has 1 heterocycles. The normalized spacial score (nSPS) is 17.2. The van der Waals surface area contributed by atoms with Crippen LogP contribution in [0.4, 0.5) is 0 Å². The Morgan fingerprint density at radius 3 is 2.61 bits per heavy atom. The zero-order valence-corrected chi connectivity index (χ0v) is 10.2. The summed E-state index contributed by atoms with van der Waals surface area (Å²) in [5.74, 6) is 0.616. The van der Waals surface area contributed by atoms with E-state index >= 15 is 0 Å². The Bertz CT molecular complexity index is 523. The summed E-state index contributed by atoms with van der Waals surface area (Å²) in [6.45, 7) is 0. The minimum atomic E-state index is -0.600. The van der Waals surface area contributed by atoms with Gasteiger partial charge in [-0.25, -0.2) is 0 Å². The minimum absolute atomic E-state index is 0.600. The van der Waals surface area contributed by atoms with E-state index in [1.54, 1.807) is 12.4 Å². The molecule has 0 spiro atoms. The molecule has 1 saturated carbocycles. The van der Waals surface area contributed by atoms with Gasteiger partial charge in [-0.15, -0.1) is 0 Å². The summed E-state index contributed by atoms with van der Waals surface area (Å²) in [6, 6.07) is 10.00. The summed E-state index contributed by atoms with van der Waals surface area (Å²) in [4.78, 5) is 0. The molecule has 3 rings (SSSR count). The van der Waals surface area contributed by atoms with Crippen molar-refractivity contribution in [3.05, 3.63) is 59.4 Å². The van der Waals surface area contributed by atoms with Crippen LogP contribution in [-0.2, 0) is 0 Å². The number of rotatable bonds is 3. The first-order valence-corrected chi connectivity index (χ1v) is 6.40. The number of aliphatic hydroxyl groups is 1. The fourth-order valence-corrected chi connectivity index (χ4v) is 2.49. The zero-order valence-electron chi connectivity index (χ0n) is 10.2. The molecule has 3 heteroatoms. The molecule has 0 saturated heterocycles. The van der Waals surface area contributed by atoms with Crippen molar-refractivity contribution in [3.8, 4) is 0 Å². The Hall–Kier alpha value is -1.74. The number of nitrogens with zero attached hydrogens (tertiary/aromatic N) is 2. The predicted molar refractivity (Wildman–Crippen MR) is 69.1 cm³/mol. The van der Waals surface area contributed by atoms with E-state index in [0.29, 0.717) is 5.92 Å². The Kier molecular flexibility index (Phi) is 3.07. The van der Waals surface area contributed by atoms with Gasteiger partial charge in [-0.1, -0.05) is 30.7 Å². The van der Waals surface area contributed by atoms with Gasteiger partial charge in [-0.05, 0) is 36.0 Å². The number of aliphatic hydroxyl groups excluding tert-OH is 1. The van der Waals surface area contributed by atoms with E-state index in [-0.39, 0.29) is 0 Å². The van der Waals surface area contributed by atoms with Gasteiger partial charge in [0.15, 0.2) is 0 Å². The topological polar surface area (TPSA) is 46.0 Å². The third-order valence-corrected chi connectivity index (χ3v) is 3.76. The van der Waals surface area contributed by atoms with E-state index in [9.17, 15) is 5.11 Å². The van der Waals surface area contributed by atoms with Crippen molar-refractivity contribution in [2.24, 2.45) is 0 Å². The summed E-state index contributed by atoms with van der Waals surface area (Å²) in [6.07, 6.45) is 6.41. The Morgan fingerprint density at radius 2 is 1.94 bits per heavy atom. The van der Waals surface area contributed by atoms with Crippen LogP contribution in [0.5, 0.6) is 0 Å². The van der Waals surface area contributed by atoms with Gasteiger partial charge in [0.2, 0.25) is 0 Å². The molecule has 1 unspecified atom stereocenters. The monoisotopic (exact) mass is 240 g/mol. The molecule has 2 aromatic rings. The van der Waals surface area contributed by atoms with Crippen LogP contribution in [0.15, 0.2) is 42.7 Å². The van der Waals surface area contributed by atoms with Crippen molar-refractivity contribution < 1.29 is 5.11 Å². The molecule has 1 aromatic carbocycles. The van der Waals surface area contributed by atoms with Gasteiger partial charge in [0, 0.05) is 11.8 Å². The largest absolute Gasteiger partial charge is 0.384 e. The minimum Gasteiger partial charge on any atom is -0.384 e. The van der Waals surface area contributed by atoms with Crippen LogP contribution >= 0.6 is 0 Å². The summed E-state index contributed by atoms with van der Waals surface area (Å²) in [5.41, 5.74) is 3.10. The molecule has 1 aromatic heterocycles. The van der Waals surface area contributed by atoms with E-state index < -0.39 is 6.10 Å². The highest BCUT2D eigenvalue weighted by atomic mass is 16.3. The van der Waals surface area contributed by atoms with Crippen molar-refractivity contribution in [1.82, 2.24) is 10.2 Å². The highest BCUT2D eigenvalue weighted by Crippen LogP contribution is 2.40. The van der Waals surface area contributed by atoms with Gasteiger partial charge < -0.3 is 5.11 Å². The van der Waals surface area contributed by atoms with Crippen LogP contribution in [0, 0.1) is 0 Å². The smallest absolute Gasteiger partial charge is 0.106 e. The molecule has 0 amide bonds. The second-order valence-electron chi connectivity index (χ2n) is 4.84. The molecule has 1 aliphatic rings. The SMILES string of the molecule is OC(c1ccnnc1)c1ccccc1C1CCC1. The average Bonchev–Trinajstić information content (AvgIpc) is 2.38. The number of hydrogen-bond donors (Lipinski definition) is 1. The standard InChI is InChI=1S/C15H16N2O/c18-15(12-8-9-16-17-10-12)14-7-2-1-6-13(14)11-4-3-5-11/h1-2,6-11,15,18H,3-5H2. The fraction of sp³-hybridized carbons (Fsp3) is 0.333. The molecular weight excluding hydrogens is 224 g/mol. The molecule has 18 heavy (non-hydrogen) atoms. The third kappa shape index (κ3) is 2.02. The quantitative estimate of drug-likeness (QED) is 0.897. The lowest BCUT2D eigenvalue weighted by Crippen LogP contribution is -2.13. The third-order valence-electron chi connectivity index (χ3n) is 3.76. The molecule has 0 bridgehead atoms. The molecule has 1 aliphatic carbocycles. The Balaban J connectivity index is 1.96. The Labute approximate surface area is 107 Å². The van der Waals surface area contributed by atoms with Gasteiger partial charge in [-0.3, -0.25) is 0 Å². The van der Waals surface area contributed by atoms with Crippen LogP contribution < -0.4 is 0 Å². The first-order valence-electron chi connectivity index (χ1n) is 6.40. The molecule has 92 valence electrons. The van der Waals surface area contributed by atoms with Gasteiger partial charge in [0.1, 0.15) is 6.10 Å². The lowest BCUT2D eigenvalue weighted by Gasteiger charge is -2.29.